The van der Waals surface area contributed by atoms with Gasteiger partial charge in [0.25, 0.3) is 0 Å². The highest BCUT2D eigenvalue weighted by Gasteiger charge is 2.63. The van der Waals surface area contributed by atoms with Gasteiger partial charge in [0.2, 0.25) is 5.60 Å². The Hall–Kier alpha value is -4.88. The van der Waals surface area contributed by atoms with E-state index < -0.39 is 85.1 Å². The van der Waals surface area contributed by atoms with Crippen molar-refractivity contribution in [3.05, 3.63) is 54.5 Å². The third-order valence-electron chi connectivity index (χ3n) is 11.3. The number of nitrogen functional groups attached to an aromatic ring is 1. The summed E-state index contributed by atoms with van der Waals surface area (Å²) in [6.45, 7) is 8.96. The standard InChI is InChI=1S/C42H55N6O11P/c1-39(2,3)37(51)55-34-31(57-42(25-43,35(34)56-38(52)40(4,5)6)32-19-18-30-36(44)45-26-46-48(30)32)24-54-60(53,59-29-16-8-7-9-17-29)47-28(23-49)22-33(50)58-41(20-12-13-21-41)27-14-10-11-15-27/h7-9,16-19,23,26-28,31,34-35H,10-15,20-22,24H2,1-6H3,(H,47,53)(H2,44,45,46)/t28-,31+,34+,35+,42-,60-/m0/s1. The van der Waals surface area contributed by atoms with Gasteiger partial charge in [0, 0.05) is 0 Å². The molecule has 1 aliphatic heterocycles. The van der Waals surface area contributed by atoms with Crippen molar-refractivity contribution in [3.63, 3.8) is 0 Å². The van der Waals surface area contributed by atoms with E-state index in [0.717, 1.165) is 51.4 Å². The number of rotatable bonds is 15. The van der Waals surface area contributed by atoms with E-state index >= 15 is 0 Å². The quantitative estimate of drug-likeness (QED) is 0.0756. The molecule has 1 saturated heterocycles. The third-order valence-corrected chi connectivity index (χ3v) is 12.8. The van der Waals surface area contributed by atoms with Crippen LogP contribution in [0.5, 0.6) is 5.75 Å². The number of para-hydroxylation sites is 1. The number of benzene rings is 1. The fraction of sp³-hybridized carbons (Fsp3) is 0.595. The molecule has 324 valence electrons. The smallest absolute Gasteiger partial charge is 0.459 e. The van der Waals surface area contributed by atoms with E-state index in [1.165, 1.54) is 29.0 Å². The zero-order valence-electron chi connectivity index (χ0n) is 35.0. The van der Waals surface area contributed by atoms with Crippen molar-refractivity contribution in [1.29, 1.82) is 5.26 Å². The number of nitriles is 1. The molecule has 1 aromatic carbocycles. The highest BCUT2D eigenvalue weighted by Crippen LogP contribution is 2.50. The van der Waals surface area contributed by atoms with Gasteiger partial charge in [0.1, 0.15) is 41.7 Å². The molecule has 3 fully saturated rings. The normalized spacial score (nSPS) is 24.6. The molecular weight excluding hydrogens is 795 g/mol. The van der Waals surface area contributed by atoms with Crippen molar-refractivity contribution >= 4 is 43.3 Å². The first-order valence-corrected chi connectivity index (χ1v) is 21.9. The van der Waals surface area contributed by atoms with E-state index in [9.17, 15) is 29.0 Å². The van der Waals surface area contributed by atoms with E-state index in [4.69, 9.17) is 33.7 Å². The van der Waals surface area contributed by atoms with Crippen LogP contribution in [0, 0.1) is 28.1 Å². The summed E-state index contributed by atoms with van der Waals surface area (Å²) in [6, 6.07) is 11.8. The van der Waals surface area contributed by atoms with Gasteiger partial charge in [-0.25, -0.2) is 19.2 Å². The molecule has 60 heavy (non-hydrogen) atoms. The molecule has 3 aliphatic rings. The van der Waals surface area contributed by atoms with Crippen molar-refractivity contribution in [2.75, 3.05) is 12.3 Å². The first kappa shape index (κ1) is 44.7. The van der Waals surface area contributed by atoms with Crippen molar-refractivity contribution in [2.45, 2.75) is 135 Å². The second-order valence-electron chi connectivity index (χ2n) is 17.9. The second-order valence-corrected chi connectivity index (χ2v) is 19.6. The molecule has 3 N–H and O–H groups in total. The topological polar surface area (TPSA) is 233 Å². The summed E-state index contributed by atoms with van der Waals surface area (Å²) >= 11 is 0. The molecule has 2 aromatic heterocycles. The van der Waals surface area contributed by atoms with E-state index in [-0.39, 0.29) is 23.2 Å². The maximum atomic E-state index is 14.8. The largest absolute Gasteiger partial charge is 0.459 e. The maximum absolute atomic E-state index is 14.8. The Morgan fingerprint density at radius 3 is 2.28 bits per heavy atom. The van der Waals surface area contributed by atoms with Crippen LogP contribution in [0.15, 0.2) is 48.8 Å². The Labute approximate surface area is 349 Å². The van der Waals surface area contributed by atoms with Crippen molar-refractivity contribution in [1.82, 2.24) is 19.7 Å². The van der Waals surface area contributed by atoms with Crippen molar-refractivity contribution in [2.24, 2.45) is 16.7 Å². The van der Waals surface area contributed by atoms with Crippen LogP contribution in [-0.4, -0.2) is 75.4 Å². The van der Waals surface area contributed by atoms with Gasteiger partial charge < -0.3 is 34.0 Å². The Morgan fingerprint density at radius 1 is 1.02 bits per heavy atom. The minimum atomic E-state index is -4.66. The van der Waals surface area contributed by atoms with Gasteiger partial charge in [-0.1, -0.05) is 31.0 Å². The lowest BCUT2D eigenvalue weighted by Gasteiger charge is -2.35. The SMILES string of the molecule is CC(C)(C)C(=O)O[C@H]1[C@@H](OC(=O)C(C)(C)C)[C@](C#N)(c2ccc3c(N)ncnn23)O[C@@H]1CO[P@@](=O)(N[C@H](C=O)CC(=O)OC1(C2CCCC2)CCCC1)Oc1ccccc1. The molecule has 0 bridgehead atoms. The maximum Gasteiger partial charge on any atom is 0.459 e. The Kier molecular flexibility index (Phi) is 13.1. The van der Waals surface area contributed by atoms with Gasteiger partial charge in [0.05, 0.1) is 35.6 Å². The first-order valence-electron chi connectivity index (χ1n) is 20.4. The summed E-state index contributed by atoms with van der Waals surface area (Å²) in [5, 5.41) is 18.0. The summed E-state index contributed by atoms with van der Waals surface area (Å²) in [6.07, 6.45) is 3.92. The highest BCUT2D eigenvalue weighted by atomic mass is 31.2. The molecule has 0 amide bonds. The molecule has 2 saturated carbocycles. The molecule has 6 rings (SSSR count). The number of nitrogens with two attached hydrogens (primary N) is 1. The van der Waals surface area contributed by atoms with Crippen LogP contribution in [0.3, 0.4) is 0 Å². The van der Waals surface area contributed by atoms with Crippen LogP contribution < -0.4 is 15.3 Å². The first-order chi connectivity index (χ1) is 28.3. The molecule has 0 radical (unpaired) electrons. The van der Waals surface area contributed by atoms with Gasteiger partial charge >= 0.3 is 25.7 Å². The molecular formula is C42H55N6O11P. The van der Waals surface area contributed by atoms with E-state index in [1.807, 2.05) is 0 Å². The monoisotopic (exact) mass is 850 g/mol. The van der Waals surface area contributed by atoms with Gasteiger partial charge in [-0.15, -0.1) is 0 Å². The van der Waals surface area contributed by atoms with E-state index in [1.54, 1.807) is 65.8 Å². The average Bonchev–Trinajstić information content (AvgIpc) is 4.02. The molecule has 6 atom stereocenters. The molecule has 18 heteroatoms. The fourth-order valence-electron chi connectivity index (χ4n) is 8.07. The minimum Gasteiger partial charge on any atom is -0.459 e. The number of carbonyl (C=O) groups is 4. The van der Waals surface area contributed by atoms with Crippen LogP contribution in [0.25, 0.3) is 5.52 Å². The summed E-state index contributed by atoms with van der Waals surface area (Å²) in [5.41, 5.74) is 1.50. The molecule has 0 unspecified atom stereocenters. The predicted octanol–water partition coefficient (Wildman–Crippen LogP) is 6.14. The number of aromatic nitrogens is 3. The summed E-state index contributed by atoms with van der Waals surface area (Å²) < 4.78 is 52.9. The fourth-order valence-corrected chi connectivity index (χ4v) is 9.55. The van der Waals surface area contributed by atoms with E-state index in [0.29, 0.717) is 11.8 Å². The number of fused-ring (bicyclic) bond motifs is 1. The Morgan fingerprint density at radius 2 is 1.67 bits per heavy atom. The number of nitrogens with one attached hydrogen (secondary N) is 1. The summed E-state index contributed by atoms with van der Waals surface area (Å²) in [7, 11) is -4.66. The van der Waals surface area contributed by atoms with Gasteiger partial charge in [0.15, 0.2) is 18.0 Å². The predicted molar refractivity (Wildman–Crippen MR) is 216 cm³/mol. The summed E-state index contributed by atoms with van der Waals surface area (Å²) in [4.78, 5) is 57.4. The van der Waals surface area contributed by atoms with E-state index in [2.05, 4.69) is 21.2 Å². The number of aldehydes is 1. The number of nitrogens with zero attached hydrogens (tertiary/aromatic N) is 4. The number of ether oxygens (including phenoxy) is 4. The molecule has 2 aliphatic carbocycles. The second kappa shape index (κ2) is 17.6. The lowest BCUT2D eigenvalue weighted by molar-refractivity contribution is -0.179. The van der Waals surface area contributed by atoms with Crippen LogP contribution >= 0.6 is 7.75 Å². The zero-order chi connectivity index (χ0) is 43.5. The molecule has 3 heterocycles. The average molecular weight is 851 g/mol. The number of hydrogen-bond acceptors (Lipinski definition) is 15. The Bertz CT molecular complexity index is 2130. The number of anilines is 1. The minimum absolute atomic E-state index is 0.0547. The number of carbonyl (C=O) groups excluding carboxylic acids is 4. The molecule has 3 aromatic rings. The lowest BCUT2D eigenvalue weighted by Crippen LogP contribution is -2.48. The third kappa shape index (κ3) is 9.52. The number of hydrogen-bond donors (Lipinski definition) is 2. The highest BCUT2D eigenvalue weighted by molar-refractivity contribution is 7.52. The van der Waals surface area contributed by atoms with Crippen LogP contribution in [0.2, 0.25) is 0 Å². The number of esters is 3. The van der Waals surface area contributed by atoms with Crippen molar-refractivity contribution < 1.29 is 51.7 Å². The summed E-state index contributed by atoms with van der Waals surface area (Å²) in [5.74, 6) is -1.70. The zero-order valence-corrected chi connectivity index (χ0v) is 35.9. The van der Waals surface area contributed by atoms with Gasteiger partial charge in [-0.2, -0.15) is 10.4 Å². The van der Waals surface area contributed by atoms with Gasteiger partial charge in [-0.05, 0) is 110 Å². The molecule has 17 nitrogen and oxygen atoms in total. The van der Waals surface area contributed by atoms with Crippen LogP contribution in [0.1, 0.15) is 105 Å². The Balaban J connectivity index is 1.34. The van der Waals surface area contributed by atoms with Crippen LogP contribution in [-0.2, 0) is 52.8 Å². The van der Waals surface area contributed by atoms with Crippen LogP contribution in [0.4, 0.5) is 5.82 Å². The molecule has 0 spiro atoms. The van der Waals surface area contributed by atoms with Crippen molar-refractivity contribution in [3.8, 4) is 11.8 Å². The van der Waals surface area contributed by atoms with Gasteiger partial charge in [-0.3, -0.25) is 18.9 Å². The lowest BCUT2D eigenvalue weighted by atomic mass is 9.84.